The van der Waals surface area contributed by atoms with Crippen molar-refractivity contribution in [2.45, 2.75) is 19.8 Å². The zero-order valence-electron chi connectivity index (χ0n) is 17.4. The summed E-state index contributed by atoms with van der Waals surface area (Å²) in [7, 11) is 0. The molecule has 1 aliphatic rings. The largest absolute Gasteiger partial charge is 0.356 e. The molecule has 3 heterocycles. The number of nitrogens with one attached hydrogen (secondary N) is 1. The molecular formula is C25H24N4OS. The van der Waals surface area contributed by atoms with Crippen LogP contribution >= 0.6 is 11.3 Å². The summed E-state index contributed by atoms with van der Waals surface area (Å²) in [5.74, 6) is 1.12. The van der Waals surface area contributed by atoms with Gasteiger partial charge in [-0.2, -0.15) is 0 Å². The fourth-order valence-electron chi connectivity index (χ4n) is 4.28. The first kappa shape index (κ1) is 19.7. The lowest BCUT2D eigenvalue weighted by Crippen LogP contribution is -2.38. The average Bonchev–Trinajstić information content (AvgIpc) is 3.17. The third kappa shape index (κ3) is 3.91. The molecule has 1 fully saturated rings. The summed E-state index contributed by atoms with van der Waals surface area (Å²) < 4.78 is 0. The molecule has 0 unspecified atom stereocenters. The zero-order valence-corrected chi connectivity index (χ0v) is 18.2. The minimum Gasteiger partial charge on any atom is -0.356 e. The van der Waals surface area contributed by atoms with Crippen molar-refractivity contribution < 1.29 is 4.79 Å². The van der Waals surface area contributed by atoms with E-state index in [1.165, 1.54) is 16.0 Å². The number of fused-ring (bicyclic) bond motifs is 1. The van der Waals surface area contributed by atoms with E-state index < -0.39 is 0 Å². The molecule has 31 heavy (non-hydrogen) atoms. The van der Waals surface area contributed by atoms with Gasteiger partial charge in [0.2, 0.25) is 5.91 Å². The highest BCUT2D eigenvalue weighted by molar-refractivity contribution is 7.22. The van der Waals surface area contributed by atoms with Gasteiger partial charge in [-0.25, -0.2) is 9.97 Å². The second kappa shape index (κ2) is 8.47. The summed E-state index contributed by atoms with van der Waals surface area (Å²) in [5, 5.41) is 4.18. The van der Waals surface area contributed by atoms with Crippen LogP contribution in [0.2, 0.25) is 0 Å². The number of amides is 1. The number of hydrogen-bond acceptors (Lipinski definition) is 5. The van der Waals surface area contributed by atoms with Crippen molar-refractivity contribution in [2.75, 3.05) is 23.3 Å². The van der Waals surface area contributed by atoms with Gasteiger partial charge in [0.05, 0.1) is 5.39 Å². The van der Waals surface area contributed by atoms with Gasteiger partial charge >= 0.3 is 0 Å². The van der Waals surface area contributed by atoms with Crippen LogP contribution in [0, 0.1) is 12.8 Å². The van der Waals surface area contributed by atoms with Crippen LogP contribution in [-0.2, 0) is 4.79 Å². The molecule has 0 aliphatic carbocycles. The molecule has 1 N–H and O–H groups in total. The monoisotopic (exact) mass is 428 g/mol. The van der Waals surface area contributed by atoms with Crippen molar-refractivity contribution >= 4 is 39.0 Å². The Bertz CT molecular complexity index is 1200. The van der Waals surface area contributed by atoms with Gasteiger partial charge in [0, 0.05) is 29.6 Å². The quantitative estimate of drug-likeness (QED) is 0.465. The average molecular weight is 429 g/mol. The minimum atomic E-state index is 0.0252. The SMILES string of the molecule is Cc1c(-c2ccccc2)sc2ncnc(N3CCC(C(=O)Nc4ccccc4)CC3)c12. The second-order valence-corrected chi connectivity index (χ2v) is 8.92. The molecule has 0 spiro atoms. The van der Waals surface area contributed by atoms with Crippen LogP contribution in [0.1, 0.15) is 18.4 Å². The van der Waals surface area contributed by atoms with Crippen molar-refractivity contribution in [3.8, 4) is 10.4 Å². The highest BCUT2D eigenvalue weighted by Crippen LogP contribution is 2.41. The molecular weight excluding hydrogens is 404 g/mol. The maximum Gasteiger partial charge on any atom is 0.227 e. The molecule has 6 heteroatoms. The third-order valence-corrected chi connectivity index (χ3v) is 7.20. The molecule has 0 saturated carbocycles. The Kier molecular flexibility index (Phi) is 5.38. The van der Waals surface area contributed by atoms with Gasteiger partial charge in [0.1, 0.15) is 17.0 Å². The van der Waals surface area contributed by atoms with Crippen LogP contribution in [-0.4, -0.2) is 29.0 Å². The van der Waals surface area contributed by atoms with E-state index in [1.807, 2.05) is 36.4 Å². The molecule has 0 radical (unpaired) electrons. The van der Waals surface area contributed by atoms with Gasteiger partial charge in [-0.3, -0.25) is 4.79 Å². The van der Waals surface area contributed by atoms with Crippen LogP contribution in [0.3, 0.4) is 0 Å². The van der Waals surface area contributed by atoms with Gasteiger partial charge in [-0.15, -0.1) is 11.3 Å². The standard InChI is InChI=1S/C25H24N4OS/c1-17-21-23(26-16-27-25(21)31-22(17)18-8-4-2-5-9-18)29-14-12-19(13-15-29)24(30)28-20-10-6-3-7-11-20/h2-11,16,19H,12-15H2,1H3,(H,28,30). The molecule has 0 atom stereocenters. The third-order valence-electron chi connectivity index (χ3n) is 5.95. The van der Waals surface area contributed by atoms with Gasteiger partial charge in [0.15, 0.2) is 0 Å². The summed E-state index contributed by atoms with van der Waals surface area (Å²) >= 11 is 1.72. The number of thiophene rings is 1. The molecule has 1 amide bonds. The first-order valence-corrected chi connectivity index (χ1v) is 11.4. The first-order valence-electron chi connectivity index (χ1n) is 10.6. The first-order chi connectivity index (χ1) is 15.2. The normalized spacial score (nSPS) is 14.7. The maximum atomic E-state index is 12.7. The van der Waals surface area contributed by atoms with E-state index in [0.717, 1.165) is 47.7 Å². The number of carbonyl (C=O) groups is 1. The summed E-state index contributed by atoms with van der Waals surface area (Å²) in [4.78, 5) is 26.5. The molecule has 2 aromatic carbocycles. The number of piperidine rings is 1. The predicted octanol–water partition coefficient (Wildman–Crippen LogP) is 5.52. The van der Waals surface area contributed by atoms with Crippen LogP contribution in [0.25, 0.3) is 20.7 Å². The predicted molar refractivity (Wildman–Crippen MR) is 128 cm³/mol. The van der Waals surface area contributed by atoms with Crippen molar-refractivity contribution in [3.63, 3.8) is 0 Å². The summed E-state index contributed by atoms with van der Waals surface area (Å²) in [6.45, 7) is 3.79. The van der Waals surface area contributed by atoms with Gasteiger partial charge in [-0.05, 0) is 43.0 Å². The van der Waals surface area contributed by atoms with E-state index in [9.17, 15) is 4.79 Å². The Balaban J connectivity index is 1.35. The lowest BCUT2D eigenvalue weighted by molar-refractivity contribution is -0.120. The molecule has 0 bridgehead atoms. The Hall–Kier alpha value is -3.25. The summed E-state index contributed by atoms with van der Waals surface area (Å²) in [5.41, 5.74) is 3.30. The van der Waals surface area contributed by atoms with E-state index in [-0.39, 0.29) is 11.8 Å². The number of rotatable bonds is 4. The Morgan fingerprint density at radius 3 is 2.39 bits per heavy atom. The molecule has 1 aliphatic heterocycles. The fraction of sp³-hybridized carbons (Fsp3) is 0.240. The van der Waals surface area contributed by atoms with Crippen LogP contribution in [0.4, 0.5) is 11.5 Å². The van der Waals surface area contributed by atoms with E-state index in [4.69, 9.17) is 0 Å². The van der Waals surface area contributed by atoms with E-state index in [0.29, 0.717) is 0 Å². The van der Waals surface area contributed by atoms with Crippen molar-refractivity contribution in [1.29, 1.82) is 0 Å². The lowest BCUT2D eigenvalue weighted by atomic mass is 9.95. The van der Waals surface area contributed by atoms with E-state index >= 15 is 0 Å². The second-order valence-electron chi connectivity index (χ2n) is 7.92. The summed E-state index contributed by atoms with van der Waals surface area (Å²) in [6, 6.07) is 20.1. The zero-order chi connectivity index (χ0) is 21.2. The van der Waals surface area contributed by atoms with Crippen LogP contribution in [0.5, 0.6) is 0 Å². The Morgan fingerprint density at radius 1 is 1.00 bits per heavy atom. The number of anilines is 2. The maximum absolute atomic E-state index is 12.7. The topological polar surface area (TPSA) is 58.1 Å². The fourth-order valence-corrected chi connectivity index (χ4v) is 5.43. The molecule has 5 nitrogen and oxygen atoms in total. The van der Waals surface area contributed by atoms with Gasteiger partial charge in [0.25, 0.3) is 0 Å². The molecule has 4 aromatic rings. The van der Waals surface area contributed by atoms with Crippen molar-refractivity contribution in [3.05, 3.63) is 72.6 Å². The number of para-hydroxylation sites is 1. The van der Waals surface area contributed by atoms with Gasteiger partial charge < -0.3 is 10.2 Å². The molecule has 5 rings (SSSR count). The number of hydrogen-bond donors (Lipinski definition) is 1. The number of aromatic nitrogens is 2. The summed E-state index contributed by atoms with van der Waals surface area (Å²) in [6.07, 6.45) is 3.30. The number of benzene rings is 2. The van der Waals surface area contributed by atoms with Crippen LogP contribution < -0.4 is 10.2 Å². The smallest absolute Gasteiger partial charge is 0.227 e. The molecule has 2 aromatic heterocycles. The molecule has 1 saturated heterocycles. The Labute approximate surface area is 185 Å². The number of aryl methyl sites for hydroxylation is 1. The van der Waals surface area contributed by atoms with Crippen molar-refractivity contribution in [1.82, 2.24) is 9.97 Å². The highest BCUT2D eigenvalue weighted by Gasteiger charge is 2.27. The van der Waals surface area contributed by atoms with Gasteiger partial charge in [-0.1, -0.05) is 48.5 Å². The van der Waals surface area contributed by atoms with E-state index in [1.54, 1.807) is 17.7 Å². The number of nitrogens with zero attached hydrogens (tertiary/aromatic N) is 3. The minimum absolute atomic E-state index is 0.0252. The molecule has 156 valence electrons. The van der Waals surface area contributed by atoms with Crippen molar-refractivity contribution in [2.24, 2.45) is 5.92 Å². The van der Waals surface area contributed by atoms with Crippen LogP contribution in [0.15, 0.2) is 67.0 Å². The van der Waals surface area contributed by atoms with E-state index in [2.05, 4.69) is 51.4 Å². The lowest BCUT2D eigenvalue weighted by Gasteiger charge is -2.32. The number of carbonyl (C=O) groups excluding carboxylic acids is 1. The Morgan fingerprint density at radius 2 is 1.68 bits per heavy atom. The highest BCUT2D eigenvalue weighted by atomic mass is 32.1.